The van der Waals surface area contributed by atoms with E-state index < -0.39 is 15.9 Å². The van der Waals surface area contributed by atoms with Gasteiger partial charge in [-0.3, -0.25) is 0 Å². The number of benzene rings is 1. The molecule has 16 heavy (non-hydrogen) atoms. The first-order chi connectivity index (χ1) is 7.48. The van der Waals surface area contributed by atoms with E-state index in [1.54, 1.807) is 6.08 Å². The highest BCUT2D eigenvalue weighted by Gasteiger charge is 2.35. The van der Waals surface area contributed by atoms with Crippen molar-refractivity contribution in [1.82, 2.24) is 0 Å². The maximum Gasteiger partial charge on any atom is 0.359 e. The molecule has 0 saturated heterocycles. The number of ether oxygens (including phenoxy) is 1. The molecule has 0 fully saturated rings. The molecule has 0 aliphatic heterocycles. The van der Waals surface area contributed by atoms with Crippen LogP contribution in [-0.4, -0.2) is 9.76 Å². The zero-order chi connectivity index (χ0) is 11.8. The smallest absolute Gasteiger partial charge is 0.359 e. The Hall–Kier alpha value is -0.700. The van der Waals surface area contributed by atoms with Crippen LogP contribution in [0.2, 0.25) is 0 Å². The topological polar surface area (TPSA) is 26.3 Å². The van der Waals surface area contributed by atoms with Crippen LogP contribution in [-0.2, 0) is 9.53 Å². The van der Waals surface area contributed by atoms with E-state index in [1.165, 1.54) is 0 Å². The van der Waals surface area contributed by atoms with Gasteiger partial charge in [0.15, 0.2) is 0 Å². The normalized spacial score (nSPS) is 18.3. The van der Waals surface area contributed by atoms with E-state index in [9.17, 15) is 4.79 Å². The van der Waals surface area contributed by atoms with Crippen molar-refractivity contribution in [3.05, 3.63) is 41.5 Å². The van der Waals surface area contributed by atoms with Crippen LogP contribution in [0.25, 0.3) is 6.08 Å². The first-order valence-electron chi connectivity index (χ1n) is 4.53. The number of fused-ring (bicyclic) bond motifs is 1. The summed E-state index contributed by atoms with van der Waals surface area (Å²) in [7, 11) is 0. The molecule has 0 amide bonds. The van der Waals surface area contributed by atoms with Crippen molar-refractivity contribution < 1.29 is 9.53 Å². The van der Waals surface area contributed by atoms with Crippen LogP contribution >= 0.6 is 34.8 Å². The Bertz CT molecular complexity index is 449. The lowest BCUT2D eigenvalue weighted by molar-refractivity contribution is -0.145. The SMILES string of the molecule is O=C(OC1C=Cc2ccccc21)C(Cl)(Cl)Cl. The Kier molecular flexibility index (Phi) is 3.15. The second kappa shape index (κ2) is 4.28. The fourth-order valence-corrected chi connectivity index (χ4v) is 1.64. The summed E-state index contributed by atoms with van der Waals surface area (Å²) in [4.78, 5) is 11.4. The lowest BCUT2D eigenvalue weighted by atomic mass is 10.1. The average Bonchev–Trinajstić information content (AvgIpc) is 2.61. The maximum atomic E-state index is 11.4. The minimum Gasteiger partial charge on any atom is -0.450 e. The highest BCUT2D eigenvalue weighted by atomic mass is 35.6. The van der Waals surface area contributed by atoms with Gasteiger partial charge in [0.05, 0.1) is 0 Å². The number of esters is 1. The molecule has 1 aliphatic rings. The second-order valence-corrected chi connectivity index (χ2v) is 5.59. The third-order valence-corrected chi connectivity index (χ3v) is 2.68. The standard InChI is InChI=1S/C11H7Cl3O2/c12-11(13,14)10(15)16-9-6-5-7-3-1-2-4-8(7)9/h1-6,9H. The fraction of sp³-hybridized carbons (Fsp3) is 0.182. The molecule has 1 aromatic rings. The summed E-state index contributed by atoms with van der Waals surface area (Å²) in [5.41, 5.74) is 1.90. The molecule has 0 bridgehead atoms. The zero-order valence-corrected chi connectivity index (χ0v) is 10.3. The maximum absolute atomic E-state index is 11.4. The molecule has 0 aromatic heterocycles. The molecular formula is C11H7Cl3O2. The molecule has 1 unspecified atom stereocenters. The van der Waals surface area contributed by atoms with Crippen LogP contribution in [0, 0.1) is 0 Å². The highest BCUT2D eigenvalue weighted by molar-refractivity contribution is 6.75. The first-order valence-corrected chi connectivity index (χ1v) is 5.67. The van der Waals surface area contributed by atoms with Gasteiger partial charge in [-0.1, -0.05) is 65.1 Å². The molecular weight excluding hydrogens is 270 g/mol. The largest absolute Gasteiger partial charge is 0.450 e. The van der Waals surface area contributed by atoms with E-state index in [1.807, 2.05) is 30.3 Å². The van der Waals surface area contributed by atoms with Crippen LogP contribution < -0.4 is 0 Å². The van der Waals surface area contributed by atoms with Crippen LogP contribution in [0.4, 0.5) is 0 Å². The molecule has 0 spiro atoms. The molecule has 0 heterocycles. The first kappa shape index (κ1) is 11.8. The summed E-state index contributed by atoms with van der Waals surface area (Å²) in [5, 5.41) is 0. The van der Waals surface area contributed by atoms with E-state index in [4.69, 9.17) is 39.5 Å². The third kappa shape index (κ3) is 2.34. The van der Waals surface area contributed by atoms with Gasteiger partial charge in [0.2, 0.25) is 0 Å². The Labute approximate surface area is 108 Å². The summed E-state index contributed by atoms with van der Waals surface area (Å²) in [6.45, 7) is 0. The average molecular weight is 278 g/mol. The molecule has 0 saturated carbocycles. The summed E-state index contributed by atoms with van der Waals surface area (Å²) >= 11 is 16.3. The molecule has 0 radical (unpaired) electrons. The lowest BCUT2D eigenvalue weighted by Crippen LogP contribution is -2.23. The molecule has 0 N–H and O–H groups in total. The van der Waals surface area contributed by atoms with Gasteiger partial charge >= 0.3 is 5.97 Å². The summed E-state index contributed by atoms with van der Waals surface area (Å²) < 4.78 is 3.04. The Balaban J connectivity index is 2.16. The molecule has 1 aromatic carbocycles. The van der Waals surface area contributed by atoms with E-state index in [2.05, 4.69) is 0 Å². The lowest BCUT2D eigenvalue weighted by Gasteiger charge is -2.16. The summed E-state index contributed by atoms with van der Waals surface area (Å²) in [5.74, 6) is -0.871. The number of carbonyl (C=O) groups is 1. The van der Waals surface area contributed by atoms with Crippen LogP contribution in [0.1, 0.15) is 17.2 Å². The summed E-state index contributed by atoms with van der Waals surface area (Å²) in [6.07, 6.45) is 3.14. The number of halogens is 3. The van der Waals surface area contributed by atoms with Crippen molar-refractivity contribution in [3.63, 3.8) is 0 Å². The van der Waals surface area contributed by atoms with Crippen LogP contribution in [0.5, 0.6) is 0 Å². The monoisotopic (exact) mass is 276 g/mol. The predicted molar refractivity (Wildman–Crippen MR) is 64.6 cm³/mol. The van der Waals surface area contributed by atoms with Gasteiger partial charge in [-0.05, 0) is 11.6 Å². The molecule has 1 aliphatic carbocycles. The molecule has 84 valence electrons. The summed E-state index contributed by atoms with van der Waals surface area (Å²) in [6, 6.07) is 7.56. The van der Waals surface area contributed by atoms with E-state index >= 15 is 0 Å². The number of hydrogen-bond acceptors (Lipinski definition) is 2. The van der Waals surface area contributed by atoms with Gasteiger partial charge in [0, 0.05) is 5.56 Å². The third-order valence-electron chi connectivity index (χ3n) is 2.22. The van der Waals surface area contributed by atoms with E-state index in [0.29, 0.717) is 0 Å². The van der Waals surface area contributed by atoms with E-state index in [-0.39, 0.29) is 0 Å². The Morgan fingerprint density at radius 3 is 2.62 bits per heavy atom. The minimum absolute atomic E-state index is 0.473. The minimum atomic E-state index is -2.04. The highest BCUT2D eigenvalue weighted by Crippen LogP contribution is 2.35. The van der Waals surface area contributed by atoms with Crippen molar-refractivity contribution >= 4 is 46.8 Å². The fourth-order valence-electron chi connectivity index (χ4n) is 1.50. The molecule has 1 atom stereocenters. The van der Waals surface area contributed by atoms with Gasteiger partial charge in [-0.25, -0.2) is 4.79 Å². The van der Waals surface area contributed by atoms with Crippen molar-refractivity contribution in [2.75, 3.05) is 0 Å². The van der Waals surface area contributed by atoms with Crippen molar-refractivity contribution in [3.8, 4) is 0 Å². The molecule has 2 rings (SSSR count). The number of rotatable bonds is 1. The van der Waals surface area contributed by atoms with Gasteiger partial charge in [0.25, 0.3) is 3.79 Å². The van der Waals surface area contributed by atoms with Crippen LogP contribution in [0.15, 0.2) is 30.3 Å². The Morgan fingerprint density at radius 2 is 1.94 bits per heavy atom. The Morgan fingerprint density at radius 1 is 1.25 bits per heavy atom. The quantitative estimate of drug-likeness (QED) is 0.578. The molecule has 2 nitrogen and oxygen atoms in total. The number of hydrogen-bond donors (Lipinski definition) is 0. The predicted octanol–water partition coefficient (Wildman–Crippen LogP) is 3.67. The van der Waals surface area contributed by atoms with Crippen molar-refractivity contribution in [2.24, 2.45) is 0 Å². The van der Waals surface area contributed by atoms with Gasteiger partial charge < -0.3 is 4.74 Å². The van der Waals surface area contributed by atoms with Crippen molar-refractivity contribution in [1.29, 1.82) is 0 Å². The second-order valence-electron chi connectivity index (χ2n) is 3.31. The van der Waals surface area contributed by atoms with Gasteiger partial charge in [0.1, 0.15) is 6.10 Å². The zero-order valence-electron chi connectivity index (χ0n) is 7.99. The molecule has 5 heteroatoms. The number of alkyl halides is 3. The van der Waals surface area contributed by atoms with Crippen molar-refractivity contribution in [2.45, 2.75) is 9.90 Å². The van der Waals surface area contributed by atoms with E-state index in [0.717, 1.165) is 11.1 Å². The number of carbonyl (C=O) groups excluding carboxylic acids is 1. The van der Waals surface area contributed by atoms with Gasteiger partial charge in [-0.2, -0.15) is 0 Å². The van der Waals surface area contributed by atoms with Crippen LogP contribution in [0.3, 0.4) is 0 Å². The van der Waals surface area contributed by atoms with Gasteiger partial charge in [-0.15, -0.1) is 0 Å².